The van der Waals surface area contributed by atoms with Crippen LogP contribution in [0.15, 0.2) is 42.5 Å². The first-order valence-electron chi connectivity index (χ1n) is 8.82. The van der Waals surface area contributed by atoms with Crippen LogP contribution in [0.5, 0.6) is 0 Å². The number of carbonyl (C=O) groups is 2. The molecular formula is C20H23N5O2. The summed E-state index contributed by atoms with van der Waals surface area (Å²) in [4.78, 5) is 24.2. The molecule has 0 aliphatic heterocycles. The van der Waals surface area contributed by atoms with Gasteiger partial charge in [-0.1, -0.05) is 23.8 Å². The molecule has 7 nitrogen and oxygen atoms in total. The second-order valence-corrected chi connectivity index (χ2v) is 6.75. The Labute approximate surface area is 157 Å². The minimum absolute atomic E-state index is 0.0707. The van der Waals surface area contributed by atoms with Crippen molar-refractivity contribution in [1.29, 1.82) is 0 Å². The topological polar surface area (TPSA) is 98.9 Å². The summed E-state index contributed by atoms with van der Waals surface area (Å²) in [6.07, 6.45) is 0. The molecule has 4 N–H and O–H groups in total. The van der Waals surface area contributed by atoms with Crippen LogP contribution in [0, 0.1) is 6.92 Å². The number of hydrogen-bond donors (Lipinski definition) is 4. The van der Waals surface area contributed by atoms with E-state index in [2.05, 4.69) is 26.1 Å². The Hall–Kier alpha value is -3.35. The Kier molecular flexibility index (Phi) is 5.40. The summed E-state index contributed by atoms with van der Waals surface area (Å²) < 4.78 is 0. The van der Waals surface area contributed by atoms with Gasteiger partial charge < -0.3 is 16.0 Å². The van der Waals surface area contributed by atoms with Gasteiger partial charge in [0.05, 0.1) is 5.52 Å². The van der Waals surface area contributed by atoms with Crippen LogP contribution < -0.4 is 16.0 Å². The number of anilines is 1. The molecule has 0 saturated heterocycles. The number of H-pyrrole nitrogens is 1. The smallest absolute Gasteiger partial charge is 0.319 e. The van der Waals surface area contributed by atoms with Crippen molar-refractivity contribution in [2.75, 3.05) is 5.32 Å². The van der Waals surface area contributed by atoms with Crippen molar-refractivity contribution in [3.05, 3.63) is 59.3 Å². The number of aromatic amines is 1. The second-order valence-electron chi connectivity index (χ2n) is 6.75. The molecule has 3 rings (SSSR count). The summed E-state index contributed by atoms with van der Waals surface area (Å²) in [6.45, 7) is 6.15. The van der Waals surface area contributed by atoms with E-state index in [1.165, 1.54) is 0 Å². The average molecular weight is 365 g/mol. The Bertz CT molecular complexity index is 960. The SMILES string of the molecule is Cc1ccc2[nH]nc(C(=O)NCc3ccc(NC(=O)NC(C)C)cc3)c2c1. The average Bonchev–Trinajstić information content (AvgIpc) is 3.03. The largest absolute Gasteiger partial charge is 0.347 e. The maximum absolute atomic E-state index is 12.5. The monoisotopic (exact) mass is 365 g/mol. The zero-order valence-corrected chi connectivity index (χ0v) is 15.6. The van der Waals surface area contributed by atoms with E-state index in [1.807, 2.05) is 51.1 Å². The zero-order chi connectivity index (χ0) is 19.4. The van der Waals surface area contributed by atoms with Gasteiger partial charge in [0.15, 0.2) is 5.69 Å². The summed E-state index contributed by atoms with van der Waals surface area (Å²) in [5.74, 6) is -0.231. The van der Waals surface area contributed by atoms with Gasteiger partial charge in [-0.15, -0.1) is 0 Å². The highest BCUT2D eigenvalue weighted by Gasteiger charge is 2.14. The highest BCUT2D eigenvalue weighted by atomic mass is 16.2. The van der Waals surface area contributed by atoms with Crippen LogP contribution in [-0.4, -0.2) is 28.2 Å². The maximum Gasteiger partial charge on any atom is 0.319 e. The fraction of sp³-hybridized carbons (Fsp3) is 0.250. The van der Waals surface area contributed by atoms with E-state index in [0.29, 0.717) is 17.9 Å². The highest BCUT2D eigenvalue weighted by Crippen LogP contribution is 2.17. The normalized spacial score (nSPS) is 10.8. The minimum Gasteiger partial charge on any atom is -0.347 e. The van der Waals surface area contributed by atoms with Gasteiger partial charge in [-0.3, -0.25) is 9.89 Å². The molecule has 0 aliphatic carbocycles. The second kappa shape index (κ2) is 7.90. The number of benzene rings is 2. The third-order valence-electron chi connectivity index (χ3n) is 4.02. The molecule has 0 unspecified atom stereocenters. The number of urea groups is 1. The summed E-state index contributed by atoms with van der Waals surface area (Å²) in [7, 11) is 0. The van der Waals surface area contributed by atoms with Gasteiger partial charge in [0.2, 0.25) is 0 Å². The molecule has 1 aromatic heterocycles. The van der Waals surface area contributed by atoms with E-state index < -0.39 is 0 Å². The summed E-state index contributed by atoms with van der Waals surface area (Å²) in [5, 5.41) is 16.2. The molecule has 3 aromatic rings. The molecule has 7 heteroatoms. The minimum atomic E-state index is -0.244. The molecule has 2 aromatic carbocycles. The lowest BCUT2D eigenvalue weighted by Gasteiger charge is -2.10. The van der Waals surface area contributed by atoms with E-state index in [9.17, 15) is 9.59 Å². The van der Waals surface area contributed by atoms with Crippen LogP contribution in [0.3, 0.4) is 0 Å². The van der Waals surface area contributed by atoms with Crippen molar-refractivity contribution in [2.45, 2.75) is 33.4 Å². The standard InChI is InChI=1S/C20H23N5O2/c1-12(2)22-20(27)23-15-7-5-14(6-8-15)11-21-19(26)18-16-10-13(3)4-9-17(16)24-25-18/h4-10,12H,11H2,1-3H3,(H,21,26)(H,24,25)(H2,22,23,27). The van der Waals surface area contributed by atoms with E-state index in [0.717, 1.165) is 22.0 Å². The molecule has 0 saturated carbocycles. The quantitative estimate of drug-likeness (QED) is 0.558. The number of aryl methyl sites for hydroxylation is 1. The maximum atomic E-state index is 12.5. The van der Waals surface area contributed by atoms with Crippen LogP contribution >= 0.6 is 0 Å². The van der Waals surface area contributed by atoms with Gasteiger partial charge in [-0.2, -0.15) is 5.10 Å². The van der Waals surface area contributed by atoms with Crippen molar-refractivity contribution in [1.82, 2.24) is 20.8 Å². The van der Waals surface area contributed by atoms with E-state index in [-0.39, 0.29) is 18.0 Å². The molecule has 140 valence electrons. The Balaban J connectivity index is 1.60. The number of rotatable bonds is 5. The lowest BCUT2D eigenvalue weighted by atomic mass is 10.1. The van der Waals surface area contributed by atoms with Crippen LogP contribution in [-0.2, 0) is 6.54 Å². The number of hydrogen-bond acceptors (Lipinski definition) is 3. The molecule has 3 amide bonds. The predicted octanol–water partition coefficient (Wildman–Crippen LogP) is 3.33. The Morgan fingerprint density at radius 1 is 1.11 bits per heavy atom. The molecular weight excluding hydrogens is 342 g/mol. The fourth-order valence-electron chi connectivity index (χ4n) is 2.70. The van der Waals surface area contributed by atoms with Crippen LogP contribution in [0.25, 0.3) is 10.9 Å². The molecule has 27 heavy (non-hydrogen) atoms. The third kappa shape index (κ3) is 4.63. The van der Waals surface area contributed by atoms with E-state index in [4.69, 9.17) is 0 Å². The number of nitrogens with one attached hydrogen (secondary N) is 4. The highest BCUT2D eigenvalue weighted by molar-refractivity contribution is 6.04. The van der Waals surface area contributed by atoms with Gasteiger partial charge in [0, 0.05) is 23.7 Å². The van der Waals surface area contributed by atoms with Crippen molar-refractivity contribution in [2.24, 2.45) is 0 Å². The Morgan fingerprint density at radius 3 is 2.56 bits per heavy atom. The molecule has 0 fully saturated rings. The van der Waals surface area contributed by atoms with Crippen molar-refractivity contribution in [3.63, 3.8) is 0 Å². The molecule has 0 atom stereocenters. The number of nitrogens with zero attached hydrogens (tertiary/aromatic N) is 1. The van der Waals surface area contributed by atoms with E-state index in [1.54, 1.807) is 12.1 Å². The predicted molar refractivity (Wildman–Crippen MR) is 106 cm³/mol. The van der Waals surface area contributed by atoms with Gasteiger partial charge in [-0.05, 0) is 50.6 Å². The molecule has 0 bridgehead atoms. The summed E-state index contributed by atoms with van der Waals surface area (Å²) in [6, 6.07) is 13.0. The first-order chi connectivity index (χ1) is 12.9. The third-order valence-corrected chi connectivity index (χ3v) is 4.02. The molecule has 0 aliphatic rings. The van der Waals surface area contributed by atoms with Crippen LogP contribution in [0.4, 0.5) is 10.5 Å². The van der Waals surface area contributed by atoms with Crippen molar-refractivity contribution in [3.8, 4) is 0 Å². The van der Waals surface area contributed by atoms with Crippen LogP contribution in [0.2, 0.25) is 0 Å². The van der Waals surface area contributed by atoms with Crippen molar-refractivity contribution >= 4 is 28.5 Å². The van der Waals surface area contributed by atoms with Gasteiger partial charge in [0.25, 0.3) is 5.91 Å². The first kappa shape index (κ1) is 18.4. The van der Waals surface area contributed by atoms with E-state index >= 15 is 0 Å². The molecule has 1 heterocycles. The molecule has 0 spiro atoms. The Morgan fingerprint density at radius 2 is 1.85 bits per heavy atom. The number of amides is 3. The lowest BCUT2D eigenvalue weighted by molar-refractivity contribution is 0.0947. The van der Waals surface area contributed by atoms with Crippen LogP contribution in [0.1, 0.15) is 35.5 Å². The summed E-state index contributed by atoms with van der Waals surface area (Å²) >= 11 is 0. The fourth-order valence-corrected chi connectivity index (χ4v) is 2.70. The zero-order valence-electron chi connectivity index (χ0n) is 15.6. The van der Waals surface area contributed by atoms with Gasteiger partial charge in [-0.25, -0.2) is 4.79 Å². The lowest BCUT2D eigenvalue weighted by Crippen LogP contribution is -2.34. The van der Waals surface area contributed by atoms with Crippen molar-refractivity contribution < 1.29 is 9.59 Å². The molecule has 0 radical (unpaired) electrons. The van der Waals surface area contributed by atoms with Gasteiger partial charge in [0.1, 0.15) is 0 Å². The summed E-state index contributed by atoms with van der Waals surface area (Å²) in [5.41, 5.74) is 3.91. The van der Waals surface area contributed by atoms with Gasteiger partial charge >= 0.3 is 6.03 Å². The number of fused-ring (bicyclic) bond motifs is 1. The number of aromatic nitrogens is 2. The first-order valence-corrected chi connectivity index (χ1v) is 8.82. The number of carbonyl (C=O) groups excluding carboxylic acids is 2.